The van der Waals surface area contributed by atoms with Crippen LogP contribution in [0.15, 0.2) is 36.5 Å². The molecule has 11 heteroatoms. The lowest BCUT2D eigenvalue weighted by Crippen LogP contribution is -2.30. The van der Waals surface area contributed by atoms with Crippen molar-refractivity contribution >= 4 is 17.6 Å². The van der Waals surface area contributed by atoms with E-state index in [1.165, 1.54) is 20.0 Å². The molecular formula is C19H20F3N7O. The van der Waals surface area contributed by atoms with Crippen LogP contribution in [0, 0.1) is 6.92 Å². The first-order valence-corrected chi connectivity index (χ1v) is 8.72. The standard InChI is InChI=1S/C19H20F3N7O/c1-11-9-12(7-8-23-11)25-17-28-15(27-16(29-17)24-10-18(2,3)30)13-5-4-6-14(26-13)19(20,21)22/h4-9,30H,10H2,1-3H3,(H2,23,24,25,27,28,29)/i4D,5D,6D. The van der Waals surface area contributed by atoms with Gasteiger partial charge in [-0.25, -0.2) is 4.98 Å². The van der Waals surface area contributed by atoms with E-state index in [-0.39, 0.29) is 18.4 Å². The minimum Gasteiger partial charge on any atom is -0.389 e. The van der Waals surface area contributed by atoms with E-state index in [0.717, 1.165) is 0 Å². The molecule has 0 aliphatic rings. The number of alkyl halides is 3. The van der Waals surface area contributed by atoms with E-state index in [4.69, 9.17) is 4.11 Å². The summed E-state index contributed by atoms with van der Waals surface area (Å²) in [6.45, 7) is 4.81. The number of aliphatic hydroxyl groups is 1. The summed E-state index contributed by atoms with van der Waals surface area (Å²) in [4.78, 5) is 19.7. The summed E-state index contributed by atoms with van der Waals surface area (Å²) < 4.78 is 63.4. The highest BCUT2D eigenvalue weighted by molar-refractivity contribution is 5.59. The van der Waals surface area contributed by atoms with E-state index < -0.39 is 47.1 Å². The van der Waals surface area contributed by atoms with Crippen LogP contribution in [0.25, 0.3) is 11.5 Å². The Morgan fingerprint density at radius 2 is 1.83 bits per heavy atom. The summed E-state index contributed by atoms with van der Waals surface area (Å²) in [5, 5.41) is 15.6. The summed E-state index contributed by atoms with van der Waals surface area (Å²) in [7, 11) is 0. The van der Waals surface area contributed by atoms with Crippen LogP contribution in [0.1, 0.15) is 29.3 Å². The van der Waals surface area contributed by atoms with E-state index in [1.54, 1.807) is 19.1 Å². The average Bonchev–Trinajstić information content (AvgIpc) is 2.69. The van der Waals surface area contributed by atoms with Gasteiger partial charge in [-0.3, -0.25) is 4.98 Å². The van der Waals surface area contributed by atoms with Crippen molar-refractivity contribution in [1.82, 2.24) is 24.9 Å². The van der Waals surface area contributed by atoms with E-state index in [9.17, 15) is 18.3 Å². The van der Waals surface area contributed by atoms with Crippen LogP contribution >= 0.6 is 0 Å². The van der Waals surface area contributed by atoms with Gasteiger partial charge >= 0.3 is 6.18 Å². The molecule has 0 spiro atoms. The average molecular weight is 422 g/mol. The molecule has 3 heterocycles. The second-order valence-electron chi connectivity index (χ2n) is 6.96. The highest BCUT2D eigenvalue weighted by atomic mass is 19.4. The summed E-state index contributed by atoms with van der Waals surface area (Å²) in [6, 6.07) is 0.389. The molecule has 0 saturated heterocycles. The molecule has 0 radical (unpaired) electrons. The number of aromatic nitrogens is 5. The van der Waals surface area contributed by atoms with Gasteiger partial charge in [-0.15, -0.1) is 0 Å². The molecule has 0 bridgehead atoms. The number of halogens is 3. The van der Waals surface area contributed by atoms with E-state index in [2.05, 4.69) is 35.6 Å². The summed E-state index contributed by atoms with van der Waals surface area (Å²) >= 11 is 0. The fourth-order valence-corrected chi connectivity index (χ4v) is 2.22. The van der Waals surface area contributed by atoms with Gasteiger partial charge in [0, 0.05) is 24.1 Å². The van der Waals surface area contributed by atoms with Crippen LogP contribution in [-0.2, 0) is 6.18 Å². The van der Waals surface area contributed by atoms with Gasteiger partial charge in [0.15, 0.2) is 5.82 Å². The van der Waals surface area contributed by atoms with Crippen molar-refractivity contribution in [2.45, 2.75) is 32.5 Å². The third-order valence-corrected chi connectivity index (χ3v) is 3.53. The SMILES string of the molecule is [2H]c1c(-c2nc(NCC(C)(C)O)nc(Nc3ccnc(C)c3)n2)nc(C(F)(F)F)c([2H])c1[2H]. The molecule has 0 unspecified atom stereocenters. The van der Waals surface area contributed by atoms with Crippen LogP contribution in [-0.4, -0.2) is 42.2 Å². The van der Waals surface area contributed by atoms with Gasteiger partial charge in [-0.1, -0.05) is 6.04 Å². The maximum absolute atomic E-state index is 13.4. The molecule has 3 aromatic rings. The number of nitrogens with zero attached hydrogens (tertiary/aromatic N) is 5. The Hall–Kier alpha value is -3.34. The fraction of sp³-hybridized carbons (Fsp3) is 0.316. The Morgan fingerprint density at radius 1 is 1.10 bits per heavy atom. The van der Waals surface area contributed by atoms with E-state index in [0.29, 0.717) is 11.4 Å². The maximum Gasteiger partial charge on any atom is 0.433 e. The first kappa shape index (κ1) is 17.5. The van der Waals surface area contributed by atoms with Crippen LogP contribution in [0.3, 0.4) is 0 Å². The highest BCUT2D eigenvalue weighted by Crippen LogP contribution is 2.29. The maximum atomic E-state index is 13.4. The Labute approximate surface area is 174 Å². The number of pyridine rings is 2. The second-order valence-corrected chi connectivity index (χ2v) is 6.96. The van der Waals surface area contributed by atoms with Crippen molar-refractivity contribution in [2.24, 2.45) is 0 Å². The molecule has 0 amide bonds. The van der Waals surface area contributed by atoms with Crippen molar-refractivity contribution in [1.29, 1.82) is 0 Å². The first-order chi connectivity index (χ1) is 15.2. The van der Waals surface area contributed by atoms with Crippen molar-refractivity contribution in [3.63, 3.8) is 0 Å². The molecule has 30 heavy (non-hydrogen) atoms. The van der Waals surface area contributed by atoms with Crippen LogP contribution in [0.5, 0.6) is 0 Å². The topological polar surface area (TPSA) is 109 Å². The van der Waals surface area contributed by atoms with Gasteiger partial charge < -0.3 is 15.7 Å². The highest BCUT2D eigenvalue weighted by Gasteiger charge is 2.32. The number of anilines is 3. The van der Waals surface area contributed by atoms with Crippen molar-refractivity contribution in [2.75, 3.05) is 17.2 Å². The van der Waals surface area contributed by atoms with Gasteiger partial charge in [0.25, 0.3) is 0 Å². The number of aryl methyl sites for hydroxylation is 1. The zero-order chi connectivity index (χ0) is 24.6. The zero-order valence-corrected chi connectivity index (χ0v) is 16.3. The third kappa shape index (κ3) is 5.83. The lowest BCUT2D eigenvalue weighted by molar-refractivity contribution is -0.141. The second kappa shape index (κ2) is 8.19. The fourth-order valence-electron chi connectivity index (χ4n) is 2.22. The van der Waals surface area contributed by atoms with Crippen molar-refractivity contribution in [3.8, 4) is 11.5 Å². The molecule has 3 aromatic heterocycles. The minimum absolute atomic E-state index is 0.00538. The Morgan fingerprint density at radius 3 is 2.50 bits per heavy atom. The van der Waals surface area contributed by atoms with Crippen molar-refractivity contribution in [3.05, 3.63) is 47.8 Å². The van der Waals surface area contributed by atoms with Gasteiger partial charge in [-0.2, -0.15) is 28.1 Å². The van der Waals surface area contributed by atoms with Crippen LogP contribution < -0.4 is 10.6 Å². The Balaban J connectivity index is 2.15. The minimum atomic E-state index is -5.01. The monoisotopic (exact) mass is 422 g/mol. The lowest BCUT2D eigenvalue weighted by Gasteiger charge is -2.18. The molecule has 3 N–H and O–H groups in total. The number of nitrogens with one attached hydrogen (secondary N) is 2. The molecule has 0 fully saturated rings. The van der Waals surface area contributed by atoms with E-state index in [1.807, 2.05) is 0 Å². The summed E-state index contributed by atoms with van der Waals surface area (Å²) in [5.74, 6) is -0.604. The molecule has 0 aliphatic carbocycles. The number of rotatable bonds is 6. The predicted molar refractivity (Wildman–Crippen MR) is 105 cm³/mol. The third-order valence-electron chi connectivity index (χ3n) is 3.53. The normalized spacial score (nSPS) is 13.4. The zero-order valence-electron chi connectivity index (χ0n) is 19.3. The Kier molecular flexibility index (Phi) is 4.78. The predicted octanol–water partition coefficient (Wildman–Crippen LogP) is 3.58. The number of hydrogen-bond acceptors (Lipinski definition) is 8. The molecular weight excluding hydrogens is 399 g/mol. The summed E-state index contributed by atoms with van der Waals surface area (Å²) in [5.41, 5.74) is -2.20. The quantitative estimate of drug-likeness (QED) is 0.553. The summed E-state index contributed by atoms with van der Waals surface area (Å²) in [6.07, 6.45) is -3.48. The van der Waals surface area contributed by atoms with Gasteiger partial charge in [-0.05, 0) is 45.0 Å². The van der Waals surface area contributed by atoms with Gasteiger partial charge in [0.05, 0.1) is 9.71 Å². The largest absolute Gasteiger partial charge is 0.433 e. The molecule has 0 aliphatic heterocycles. The van der Waals surface area contributed by atoms with Crippen LogP contribution in [0.4, 0.5) is 30.8 Å². The van der Waals surface area contributed by atoms with E-state index >= 15 is 0 Å². The first-order valence-electron chi connectivity index (χ1n) is 10.2. The molecule has 3 rings (SSSR count). The van der Waals surface area contributed by atoms with Crippen molar-refractivity contribution < 1.29 is 22.4 Å². The van der Waals surface area contributed by atoms with Crippen LogP contribution in [0.2, 0.25) is 0 Å². The molecule has 8 nitrogen and oxygen atoms in total. The molecule has 0 saturated carbocycles. The molecule has 0 aromatic carbocycles. The Bertz CT molecular complexity index is 1190. The van der Waals surface area contributed by atoms with Gasteiger partial charge in [0.2, 0.25) is 11.9 Å². The van der Waals surface area contributed by atoms with Gasteiger partial charge in [0.1, 0.15) is 11.4 Å². The number of hydrogen-bond donors (Lipinski definition) is 3. The molecule has 158 valence electrons. The smallest absolute Gasteiger partial charge is 0.389 e. The lowest BCUT2D eigenvalue weighted by atomic mass is 10.1. The molecule has 0 atom stereocenters.